The van der Waals surface area contributed by atoms with Gasteiger partial charge >= 0.3 is 0 Å². The van der Waals surface area contributed by atoms with Crippen molar-refractivity contribution in [3.63, 3.8) is 0 Å². The third kappa shape index (κ3) is 4.78. The highest BCUT2D eigenvalue weighted by Crippen LogP contribution is 2.32. The largest absolute Gasteiger partial charge is 0.389 e. The van der Waals surface area contributed by atoms with E-state index in [0.29, 0.717) is 25.2 Å². The van der Waals surface area contributed by atoms with Gasteiger partial charge in [-0.3, -0.25) is 20.4 Å². The molecule has 2 aliphatic carbocycles. The van der Waals surface area contributed by atoms with Crippen molar-refractivity contribution in [3.05, 3.63) is 0 Å². The van der Waals surface area contributed by atoms with Crippen LogP contribution in [0.2, 0.25) is 0 Å². The molecular formula is C15H26N2O3. The van der Waals surface area contributed by atoms with Crippen molar-refractivity contribution in [3.8, 4) is 0 Å². The monoisotopic (exact) mass is 282 g/mol. The predicted molar refractivity (Wildman–Crippen MR) is 75.5 cm³/mol. The summed E-state index contributed by atoms with van der Waals surface area (Å²) in [6.07, 6.45) is 9.77. The lowest BCUT2D eigenvalue weighted by atomic mass is 9.87. The van der Waals surface area contributed by atoms with Gasteiger partial charge in [-0.1, -0.05) is 32.1 Å². The number of carbonyl (C=O) groups excluding carboxylic acids is 2. The van der Waals surface area contributed by atoms with Crippen molar-refractivity contribution >= 4 is 11.8 Å². The molecule has 2 rings (SSSR count). The molecule has 5 nitrogen and oxygen atoms in total. The average molecular weight is 282 g/mol. The first-order valence-electron chi connectivity index (χ1n) is 7.87. The minimum Gasteiger partial charge on any atom is -0.389 e. The number of hydrogen-bond donors (Lipinski definition) is 3. The molecule has 2 amide bonds. The Balaban J connectivity index is 1.63. The Hall–Kier alpha value is -1.10. The zero-order chi connectivity index (χ0) is 14.4. The number of aliphatic hydroxyl groups is 1. The second-order valence-electron chi connectivity index (χ2n) is 6.41. The fraction of sp³-hybridized carbons (Fsp3) is 0.867. The Kier molecular flexibility index (Phi) is 5.40. The van der Waals surface area contributed by atoms with E-state index in [9.17, 15) is 14.7 Å². The van der Waals surface area contributed by atoms with Gasteiger partial charge in [0.2, 0.25) is 11.8 Å². The number of rotatable bonds is 4. The lowest BCUT2D eigenvalue weighted by Crippen LogP contribution is -2.45. The molecule has 0 aromatic heterocycles. The van der Waals surface area contributed by atoms with E-state index in [0.717, 1.165) is 25.7 Å². The number of hydrazine groups is 1. The molecule has 0 radical (unpaired) electrons. The summed E-state index contributed by atoms with van der Waals surface area (Å²) in [7, 11) is 0. The van der Waals surface area contributed by atoms with Crippen LogP contribution in [0.15, 0.2) is 0 Å². The van der Waals surface area contributed by atoms with Crippen molar-refractivity contribution in [1.29, 1.82) is 0 Å². The Morgan fingerprint density at radius 2 is 1.55 bits per heavy atom. The minimum atomic E-state index is -0.863. The van der Waals surface area contributed by atoms with E-state index in [1.807, 2.05) is 0 Å². The molecule has 0 atom stereocenters. The third-order valence-electron chi connectivity index (χ3n) is 4.56. The molecule has 20 heavy (non-hydrogen) atoms. The van der Waals surface area contributed by atoms with Crippen molar-refractivity contribution in [2.45, 2.75) is 76.2 Å². The topological polar surface area (TPSA) is 78.4 Å². The van der Waals surface area contributed by atoms with Gasteiger partial charge in [-0.15, -0.1) is 0 Å². The van der Waals surface area contributed by atoms with Crippen LogP contribution in [0.25, 0.3) is 0 Å². The van der Waals surface area contributed by atoms with Gasteiger partial charge in [0.1, 0.15) is 0 Å². The Morgan fingerprint density at radius 3 is 2.20 bits per heavy atom. The van der Waals surface area contributed by atoms with Gasteiger partial charge in [-0.05, 0) is 31.6 Å². The van der Waals surface area contributed by atoms with Gasteiger partial charge in [0.15, 0.2) is 0 Å². The van der Waals surface area contributed by atoms with Gasteiger partial charge in [0, 0.05) is 6.42 Å². The molecule has 3 N–H and O–H groups in total. The molecular weight excluding hydrogens is 256 g/mol. The van der Waals surface area contributed by atoms with E-state index in [1.54, 1.807) is 0 Å². The van der Waals surface area contributed by atoms with Crippen LogP contribution in [-0.2, 0) is 9.59 Å². The fourth-order valence-corrected chi connectivity index (χ4v) is 3.40. The average Bonchev–Trinajstić information content (AvgIpc) is 2.84. The maximum absolute atomic E-state index is 11.7. The SMILES string of the molecule is O=C(CC1CCCCC1)NNC(=O)CC1(O)CCCC1. The predicted octanol–water partition coefficient (Wildman–Crippen LogP) is 1.80. The molecule has 2 saturated carbocycles. The number of amides is 2. The molecule has 0 bridgehead atoms. The van der Waals surface area contributed by atoms with E-state index < -0.39 is 5.60 Å². The Labute approximate surface area is 120 Å². The Morgan fingerprint density at radius 1 is 0.950 bits per heavy atom. The van der Waals surface area contributed by atoms with Gasteiger partial charge in [0.05, 0.1) is 12.0 Å². The maximum Gasteiger partial charge on any atom is 0.241 e. The van der Waals surface area contributed by atoms with E-state index in [4.69, 9.17) is 0 Å². The number of hydrogen-bond acceptors (Lipinski definition) is 3. The molecule has 5 heteroatoms. The molecule has 0 aliphatic heterocycles. The zero-order valence-corrected chi connectivity index (χ0v) is 12.1. The lowest BCUT2D eigenvalue weighted by molar-refractivity contribution is -0.132. The van der Waals surface area contributed by atoms with Crippen LogP contribution in [-0.4, -0.2) is 22.5 Å². The van der Waals surface area contributed by atoms with Crippen LogP contribution < -0.4 is 10.9 Å². The molecule has 0 saturated heterocycles. The Bertz CT molecular complexity index is 345. The van der Waals surface area contributed by atoms with E-state index in [2.05, 4.69) is 10.9 Å². The second-order valence-corrected chi connectivity index (χ2v) is 6.41. The summed E-state index contributed by atoms with van der Waals surface area (Å²) < 4.78 is 0. The van der Waals surface area contributed by atoms with Crippen molar-refractivity contribution in [2.75, 3.05) is 0 Å². The van der Waals surface area contributed by atoms with Gasteiger partial charge in [-0.2, -0.15) is 0 Å². The van der Waals surface area contributed by atoms with Crippen LogP contribution in [0.3, 0.4) is 0 Å². The van der Waals surface area contributed by atoms with Gasteiger partial charge in [-0.25, -0.2) is 0 Å². The first-order chi connectivity index (χ1) is 9.57. The molecule has 114 valence electrons. The summed E-state index contributed by atoms with van der Waals surface area (Å²) >= 11 is 0. The molecule has 0 heterocycles. The smallest absolute Gasteiger partial charge is 0.241 e. The molecule has 0 unspecified atom stereocenters. The van der Waals surface area contributed by atoms with Crippen LogP contribution in [0.1, 0.15) is 70.6 Å². The third-order valence-corrected chi connectivity index (χ3v) is 4.56. The summed E-state index contributed by atoms with van der Waals surface area (Å²) in [5.74, 6) is 0.0368. The molecule has 2 aliphatic rings. The van der Waals surface area contributed by atoms with E-state index in [-0.39, 0.29) is 18.2 Å². The van der Waals surface area contributed by atoms with Crippen LogP contribution in [0.4, 0.5) is 0 Å². The number of carbonyl (C=O) groups is 2. The normalized spacial score (nSPS) is 22.4. The fourth-order valence-electron chi connectivity index (χ4n) is 3.40. The van der Waals surface area contributed by atoms with E-state index in [1.165, 1.54) is 19.3 Å². The highest BCUT2D eigenvalue weighted by atomic mass is 16.3. The number of nitrogens with one attached hydrogen (secondary N) is 2. The first kappa shape index (κ1) is 15.3. The second kappa shape index (κ2) is 7.07. The van der Waals surface area contributed by atoms with Crippen LogP contribution >= 0.6 is 0 Å². The molecule has 0 spiro atoms. The standard InChI is InChI=1S/C15H26N2O3/c18-13(10-12-6-2-1-3-7-12)16-17-14(19)11-15(20)8-4-5-9-15/h12,20H,1-11H2,(H,16,18)(H,17,19). The molecule has 0 aromatic carbocycles. The quantitative estimate of drug-likeness (QED) is 0.688. The summed E-state index contributed by atoms with van der Waals surface area (Å²) in [5.41, 5.74) is 4.03. The van der Waals surface area contributed by atoms with Crippen molar-refractivity contribution in [2.24, 2.45) is 5.92 Å². The zero-order valence-electron chi connectivity index (χ0n) is 12.1. The maximum atomic E-state index is 11.7. The summed E-state index contributed by atoms with van der Waals surface area (Å²) in [5, 5.41) is 10.1. The summed E-state index contributed by atoms with van der Waals surface area (Å²) in [4.78, 5) is 23.5. The summed E-state index contributed by atoms with van der Waals surface area (Å²) in [6, 6.07) is 0. The molecule has 0 aromatic rings. The first-order valence-corrected chi connectivity index (χ1v) is 7.87. The highest BCUT2D eigenvalue weighted by Gasteiger charge is 2.33. The summed E-state index contributed by atoms with van der Waals surface area (Å²) in [6.45, 7) is 0. The van der Waals surface area contributed by atoms with Crippen LogP contribution in [0.5, 0.6) is 0 Å². The minimum absolute atomic E-state index is 0.0801. The van der Waals surface area contributed by atoms with Crippen LogP contribution in [0, 0.1) is 5.92 Å². The molecule has 2 fully saturated rings. The highest BCUT2D eigenvalue weighted by molar-refractivity contribution is 5.82. The van der Waals surface area contributed by atoms with Crippen molar-refractivity contribution in [1.82, 2.24) is 10.9 Å². The van der Waals surface area contributed by atoms with Gasteiger partial charge < -0.3 is 5.11 Å². The van der Waals surface area contributed by atoms with E-state index >= 15 is 0 Å². The van der Waals surface area contributed by atoms with Crippen molar-refractivity contribution < 1.29 is 14.7 Å². The lowest BCUT2D eigenvalue weighted by Gasteiger charge is -2.22. The van der Waals surface area contributed by atoms with Gasteiger partial charge in [0.25, 0.3) is 0 Å².